The van der Waals surface area contributed by atoms with Gasteiger partial charge in [0.25, 0.3) is 0 Å². The Hall–Kier alpha value is -2.14. The summed E-state index contributed by atoms with van der Waals surface area (Å²) in [5, 5.41) is 2.14. The summed E-state index contributed by atoms with van der Waals surface area (Å²) in [6.45, 7) is 7.61. The van der Waals surface area contributed by atoms with E-state index in [9.17, 15) is 9.59 Å². The number of fused-ring (bicyclic) bond motifs is 1. The van der Waals surface area contributed by atoms with Gasteiger partial charge < -0.3 is 9.80 Å². The van der Waals surface area contributed by atoms with Gasteiger partial charge in [0, 0.05) is 23.4 Å². The zero-order valence-electron chi connectivity index (χ0n) is 18.8. The van der Waals surface area contributed by atoms with Crippen molar-refractivity contribution in [2.75, 3.05) is 13.1 Å². The van der Waals surface area contributed by atoms with Crippen LogP contribution in [-0.4, -0.2) is 40.7 Å². The van der Waals surface area contributed by atoms with E-state index in [1.807, 2.05) is 9.80 Å². The van der Waals surface area contributed by atoms with Gasteiger partial charge >= 0.3 is 0 Å². The molecule has 2 aromatic rings. The fourth-order valence-corrected chi connectivity index (χ4v) is 5.59. The maximum atomic E-state index is 13.6. The maximum Gasteiger partial charge on any atom is 0.243 e. The van der Waals surface area contributed by atoms with E-state index in [0.29, 0.717) is 6.54 Å². The van der Waals surface area contributed by atoms with Gasteiger partial charge in [0.15, 0.2) is 0 Å². The van der Waals surface area contributed by atoms with Gasteiger partial charge in [-0.2, -0.15) is 0 Å². The van der Waals surface area contributed by atoms with E-state index < -0.39 is 0 Å². The SMILES string of the molecule is CC(C)(C)c1ccc(C2c3ccsc3CCN2C(=O)CN(C(=O)C2CC2)C2CC2)cc1. The van der Waals surface area contributed by atoms with E-state index in [2.05, 4.69) is 56.5 Å². The van der Waals surface area contributed by atoms with Crippen LogP contribution in [0.4, 0.5) is 0 Å². The molecule has 1 aromatic carbocycles. The molecule has 2 saturated carbocycles. The molecule has 2 amide bonds. The van der Waals surface area contributed by atoms with E-state index in [1.54, 1.807) is 11.3 Å². The van der Waals surface area contributed by atoms with Crippen LogP contribution in [0.1, 0.15) is 74.1 Å². The fraction of sp³-hybridized carbons (Fsp3) is 0.538. The van der Waals surface area contributed by atoms with E-state index in [1.165, 1.54) is 16.0 Å². The first-order valence-corrected chi connectivity index (χ1v) is 12.5. The summed E-state index contributed by atoms with van der Waals surface area (Å²) < 4.78 is 0. The lowest BCUT2D eigenvalue weighted by molar-refractivity contribution is -0.143. The molecule has 31 heavy (non-hydrogen) atoms. The Kier molecular flexibility index (Phi) is 5.20. The highest BCUT2D eigenvalue weighted by Gasteiger charge is 2.42. The minimum atomic E-state index is -0.0615. The van der Waals surface area contributed by atoms with Crippen LogP contribution >= 0.6 is 11.3 Å². The van der Waals surface area contributed by atoms with Crippen molar-refractivity contribution in [2.45, 2.75) is 70.4 Å². The van der Waals surface area contributed by atoms with Crippen molar-refractivity contribution in [1.29, 1.82) is 0 Å². The summed E-state index contributed by atoms with van der Waals surface area (Å²) in [4.78, 5) is 31.7. The average Bonchev–Trinajstić information content (AvgIpc) is 3.67. The van der Waals surface area contributed by atoms with Gasteiger partial charge in [0.05, 0.1) is 6.04 Å². The van der Waals surface area contributed by atoms with Gasteiger partial charge in [-0.15, -0.1) is 11.3 Å². The predicted octanol–water partition coefficient (Wildman–Crippen LogP) is 4.92. The van der Waals surface area contributed by atoms with Crippen LogP contribution < -0.4 is 0 Å². The molecular weight excluding hydrogens is 404 g/mol. The summed E-state index contributed by atoms with van der Waals surface area (Å²) in [6.07, 6.45) is 4.95. The maximum absolute atomic E-state index is 13.6. The molecule has 2 fully saturated rings. The first kappa shape index (κ1) is 20.7. The van der Waals surface area contributed by atoms with E-state index in [0.717, 1.165) is 37.7 Å². The highest BCUT2D eigenvalue weighted by molar-refractivity contribution is 7.10. The zero-order valence-corrected chi connectivity index (χ0v) is 19.6. The van der Waals surface area contributed by atoms with Gasteiger partial charge in [0.1, 0.15) is 6.54 Å². The number of rotatable bonds is 5. The van der Waals surface area contributed by atoms with Crippen LogP contribution in [0.5, 0.6) is 0 Å². The minimum Gasteiger partial charge on any atom is -0.330 e. The molecule has 1 unspecified atom stereocenters. The highest BCUT2D eigenvalue weighted by Crippen LogP contribution is 2.40. The Balaban J connectivity index is 1.42. The fourth-order valence-electron chi connectivity index (χ4n) is 4.68. The van der Waals surface area contributed by atoms with E-state index >= 15 is 0 Å². The second-order valence-electron chi connectivity index (χ2n) is 10.4. The molecule has 0 bridgehead atoms. The lowest BCUT2D eigenvalue weighted by Crippen LogP contribution is -2.47. The average molecular weight is 437 g/mol. The monoisotopic (exact) mass is 436 g/mol. The third-order valence-corrected chi connectivity index (χ3v) is 7.88. The molecule has 5 heteroatoms. The third-order valence-electron chi connectivity index (χ3n) is 6.88. The topological polar surface area (TPSA) is 40.6 Å². The van der Waals surface area contributed by atoms with Crippen molar-refractivity contribution in [3.05, 3.63) is 57.3 Å². The second kappa shape index (κ2) is 7.77. The largest absolute Gasteiger partial charge is 0.330 e. The summed E-state index contributed by atoms with van der Waals surface area (Å²) in [5.74, 6) is 0.455. The number of carbonyl (C=O) groups excluding carboxylic acids is 2. The predicted molar refractivity (Wildman–Crippen MR) is 124 cm³/mol. The van der Waals surface area contributed by atoms with Crippen LogP contribution in [0.15, 0.2) is 35.7 Å². The number of benzene rings is 1. The number of hydrogen-bond donors (Lipinski definition) is 0. The van der Waals surface area contributed by atoms with Crippen LogP contribution in [-0.2, 0) is 21.4 Å². The standard InChI is InChI=1S/C26H32N2O2S/c1-26(2,3)19-8-6-17(7-9-19)24-21-13-15-31-22(21)12-14-27(24)23(29)16-28(20-10-11-20)25(30)18-4-5-18/h6-9,13,15,18,20,24H,4-5,10-12,14,16H2,1-3H3. The molecule has 5 rings (SSSR count). The smallest absolute Gasteiger partial charge is 0.243 e. The van der Waals surface area contributed by atoms with Crippen molar-refractivity contribution in [2.24, 2.45) is 5.92 Å². The molecule has 164 valence electrons. The molecule has 2 heterocycles. The minimum absolute atomic E-state index is 0.0615. The molecule has 4 nitrogen and oxygen atoms in total. The number of amides is 2. The quantitative estimate of drug-likeness (QED) is 0.667. The van der Waals surface area contributed by atoms with Crippen molar-refractivity contribution in [3.8, 4) is 0 Å². The van der Waals surface area contributed by atoms with E-state index in [-0.39, 0.29) is 41.8 Å². The third kappa shape index (κ3) is 4.17. The normalized spacial score (nSPS) is 21.0. The van der Waals surface area contributed by atoms with Crippen molar-refractivity contribution >= 4 is 23.2 Å². The summed E-state index contributed by atoms with van der Waals surface area (Å²) in [6, 6.07) is 11.2. The summed E-state index contributed by atoms with van der Waals surface area (Å²) in [7, 11) is 0. The molecule has 0 radical (unpaired) electrons. The lowest BCUT2D eigenvalue weighted by Gasteiger charge is -2.38. The Morgan fingerprint density at radius 3 is 2.39 bits per heavy atom. The number of thiophene rings is 1. The van der Waals surface area contributed by atoms with Gasteiger partial charge in [-0.05, 0) is 65.7 Å². The summed E-state index contributed by atoms with van der Waals surface area (Å²) >= 11 is 1.79. The summed E-state index contributed by atoms with van der Waals surface area (Å²) in [5.41, 5.74) is 3.81. The van der Waals surface area contributed by atoms with Crippen LogP contribution in [0.3, 0.4) is 0 Å². The molecule has 0 N–H and O–H groups in total. The number of hydrogen-bond acceptors (Lipinski definition) is 3. The van der Waals surface area contributed by atoms with Crippen molar-refractivity contribution in [3.63, 3.8) is 0 Å². The van der Waals surface area contributed by atoms with Crippen LogP contribution in [0.25, 0.3) is 0 Å². The highest BCUT2D eigenvalue weighted by atomic mass is 32.1. The number of carbonyl (C=O) groups is 2. The number of nitrogens with zero attached hydrogens (tertiary/aromatic N) is 2. The molecule has 1 aliphatic heterocycles. The molecule has 1 atom stereocenters. The molecule has 0 saturated heterocycles. The molecule has 3 aliphatic rings. The Morgan fingerprint density at radius 2 is 1.77 bits per heavy atom. The Morgan fingerprint density at radius 1 is 1.06 bits per heavy atom. The van der Waals surface area contributed by atoms with Gasteiger partial charge in [-0.25, -0.2) is 0 Å². The van der Waals surface area contributed by atoms with Gasteiger partial charge in [-0.3, -0.25) is 9.59 Å². The zero-order chi connectivity index (χ0) is 21.8. The second-order valence-corrected chi connectivity index (χ2v) is 11.4. The van der Waals surface area contributed by atoms with Crippen molar-refractivity contribution < 1.29 is 9.59 Å². The molecule has 0 spiro atoms. The Labute approximate surface area is 189 Å². The van der Waals surface area contributed by atoms with Gasteiger partial charge in [-0.1, -0.05) is 45.0 Å². The molecule has 2 aliphatic carbocycles. The first-order chi connectivity index (χ1) is 14.8. The molecule has 1 aromatic heterocycles. The van der Waals surface area contributed by atoms with Crippen LogP contribution in [0, 0.1) is 5.92 Å². The Bertz CT molecular complexity index is 980. The molecular formula is C26H32N2O2S. The van der Waals surface area contributed by atoms with Crippen molar-refractivity contribution in [1.82, 2.24) is 9.80 Å². The van der Waals surface area contributed by atoms with Crippen LogP contribution in [0.2, 0.25) is 0 Å². The van der Waals surface area contributed by atoms with E-state index in [4.69, 9.17) is 0 Å². The first-order valence-electron chi connectivity index (χ1n) is 11.6. The lowest BCUT2D eigenvalue weighted by atomic mass is 9.85. The van der Waals surface area contributed by atoms with Gasteiger partial charge in [0.2, 0.25) is 11.8 Å².